The first-order chi connectivity index (χ1) is 14.4. The summed E-state index contributed by atoms with van der Waals surface area (Å²) in [5, 5.41) is -0.168. The molecular formula is C24H27Cl2F3N2O. The second kappa shape index (κ2) is 12.7. The fourth-order valence-corrected chi connectivity index (χ4v) is 3.32. The van der Waals surface area contributed by atoms with E-state index in [1.54, 1.807) is 31.2 Å². The van der Waals surface area contributed by atoms with E-state index < -0.39 is 11.6 Å². The smallest absolute Gasteiger partial charge is 0.159 e. The highest BCUT2D eigenvalue weighted by atomic mass is 35.5. The van der Waals surface area contributed by atoms with Crippen LogP contribution in [0.2, 0.25) is 0 Å². The van der Waals surface area contributed by atoms with Crippen molar-refractivity contribution in [2.75, 3.05) is 13.2 Å². The van der Waals surface area contributed by atoms with Gasteiger partial charge < -0.3 is 29.0 Å². The molecule has 0 amide bonds. The molecule has 0 spiro atoms. The summed E-state index contributed by atoms with van der Waals surface area (Å²) in [6.07, 6.45) is 1.68. The molecule has 0 unspecified atom stereocenters. The Hall–Kier alpha value is -2.25. The van der Waals surface area contributed by atoms with Gasteiger partial charge in [-0.2, -0.15) is 0 Å². The van der Waals surface area contributed by atoms with Gasteiger partial charge in [0.1, 0.15) is 18.2 Å². The molecule has 0 aromatic heterocycles. The Bertz CT molecular complexity index is 964. The van der Waals surface area contributed by atoms with Gasteiger partial charge in [0.25, 0.3) is 0 Å². The SMILES string of the molecule is Cc1ccc(-c2cc(OC[C@H](Cl)CCC[NH3+])cc(-c3ccc(F)c(F)c3)c2)cc1F.N.[Cl-]. The summed E-state index contributed by atoms with van der Waals surface area (Å²) in [5.74, 6) is -1.64. The number of hydrogen-bond donors (Lipinski definition) is 2. The molecule has 0 aliphatic carbocycles. The summed E-state index contributed by atoms with van der Waals surface area (Å²) in [4.78, 5) is 0. The van der Waals surface area contributed by atoms with Crippen LogP contribution in [0.25, 0.3) is 22.3 Å². The monoisotopic (exact) mass is 486 g/mol. The van der Waals surface area contributed by atoms with Crippen LogP contribution >= 0.6 is 11.6 Å². The van der Waals surface area contributed by atoms with Crippen LogP contribution in [0, 0.1) is 24.4 Å². The number of rotatable bonds is 8. The minimum absolute atomic E-state index is 0. The van der Waals surface area contributed by atoms with E-state index in [4.69, 9.17) is 16.3 Å². The van der Waals surface area contributed by atoms with Gasteiger partial charge in [-0.05, 0) is 84.0 Å². The normalized spacial score (nSPS) is 11.3. The highest BCUT2D eigenvalue weighted by Gasteiger charge is 2.12. The minimum Gasteiger partial charge on any atom is -1.00 e. The van der Waals surface area contributed by atoms with Gasteiger partial charge in [-0.3, -0.25) is 0 Å². The number of aryl methyl sites for hydroxylation is 1. The molecule has 0 saturated heterocycles. The Kier molecular flexibility index (Phi) is 11.0. The number of hydrogen-bond acceptors (Lipinski definition) is 2. The standard InChI is InChI=1S/C24H23ClF3NO.ClH.H3N/c1-15-4-5-16(12-23(15)27)18-9-19(17-6-7-22(26)24(28)13-17)11-21(10-18)30-14-20(25)3-2-8-29;;/h4-7,9-13,20H,2-3,8,14,29H2,1H3;1H;1H3/t20-;;/m1../s1. The maximum Gasteiger partial charge on any atom is 0.159 e. The van der Waals surface area contributed by atoms with Gasteiger partial charge in [0.2, 0.25) is 0 Å². The van der Waals surface area contributed by atoms with Crippen LogP contribution in [0.4, 0.5) is 13.2 Å². The van der Waals surface area contributed by atoms with E-state index in [1.807, 2.05) is 6.07 Å². The summed E-state index contributed by atoms with van der Waals surface area (Å²) < 4.78 is 47.1. The van der Waals surface area contributed by atoms with Crippen LogP contribution in [0.1, 0.15) is 18.4 Å². The molecule has 3 rings (SSSR count). The van der Waals surface area contributed by atoms with E-state index in [0.29, 0.717) is 40.2 Å². The van der Waals surface area contributed by atoms with Gasteiger partial charge in [-0.1, -0.05) is 18.2 Å². The zero-order chi connectivity index (χ0) is 21.7. The van der Waals surface area contributed by atoms with Gasteiger partial charge >= 0.3 is 0 Å². The molecule has 3 aromatic rings. The molecule has 6 N–H and O–H groups in total. The second-order valence-corrected chi connectivity index (χ2v) is 7.86. The highest BCUT2D eigenvalue weighted by molar-refractivity contribution is 6.20. The number of benzene rings is 3. The Morgan fingerprint density at radius 1 is 0.844 bits per heavy atom. The second-order valence-electron chi connectivity index (χ2n) is 7.24. The number of quaternary nitrogens is 1. The third-order valence-corrected chi connectivity index (χ3v) is 5.21. The minimum atomic E-state index is -0.934. The van der Waals surface area contributed by atoms with E-state index in [0.717, 1.165) is 31.5 Å². The van der Waals surface area contributed by atoms with E-state index in [9.17, 15) is 13.2 Å². The predicted molar refractivity (Wildman–Crippen MR) is 119 cm³/mol. The lowest BCUT2D eigenvalue weighted by Gasteiger charge is -2.14. The molecule has 0 saturated carbocycles. The maximum absolute atomic E-state index is 14.1. The fraction of sp³-hybridized carbons (Fsp3) is 0.250. The summed E-state index contributed by atoms with van der Waals surface area (Å²) in [5.41, 5.74) is 6.84. The first kappa shape index (κ1) is 27.8. The Morgan fingerprint density at radius 3 is 2.00 bits per heavy atom. The van der Waals surface area contributed by atoms with Gasteiger partial charge in [0, 0.05) is 0 Å². The third kappa shape index (κ3) is 7.14. The highest BCUT2D eigenvalue weighted by Crippen LogP contribution is 2.33. The average Bonchev–Trinajstić information content (AvgIpc) is 2.74. The summed E-state index contributed by atoms with van der Waals surface area (Å²) in [6.45, 7) is 2.79. The van der Waals surface area contributed by atoms with Crippen molar-refractivity contribution >= 4 is 11.6 Å². The van der Waals surface area contributed by atoms with Crippen molar-refractivity contribution in [3.05, 3.63) is 77.6 Å². The molecular weight excluding hydrogens is 460 g/mol. The predicted octanol–water partition coefficient (Wildman–Crippen LogP) is 2.92. The van der Waals surface area contributed by atoms with Crippen molar-refractivity contribution in [2.45, 2.75) is 25.1 Å². The van der Waals surface area contributed by atoms with Gasteiger partial charge in [0.05, 0.1) is 11.9 Å². The summed E-state index contributed by atoms with van der Waals surface area (Å²) in [6, 6.07) is 14.0. The largest absolute Gasteiger partial charge is 1.00 e. The zero-order valence-corrected chi connectivity index (χ0v) is 19.3. The van der Waals surface area contributed by atoms with E-state index in [2.05, 4.69) is 5.73 Å². The maximum atomic E-state index is 14.1. The molecule has 0 heterocycles. The van der Waals surface area contributed by atoms with E-state index in [-0.39, 0.29) is 29.8 Å². The fourth-order valence-electron chi connectivity index (χ4n) is 3.10. The molecule has 0 fully saturated rings. The van der Waals surface area contributed by atoms with Gasteiger partial charge in [-0.25, -0.2) is 13.2 Å². The quantitative estimate of drug-likeness (QED) is 0.480. The van der Waals surface area contributed by atoms with Crippen molar-refractivity contribution in [3.8, 4) is 28.0 Å². The van der Waals surface area contributed by atoms with Crippen molar-refractivity contribution in [1.29, 1.82) is 0 Å². The topological polar surface area (TPSA) is 71.9 Å². The molecule has 1 atom stereocenters. The van der Waals surface area contributed by atoms with E-state index in [1.165, 1.54) is 12.1 Å². The van der Waals surface area contributed by atoms with Crippen LogP contribution in [-0.4, -0.2) is 18.5 Å². The van der Waals surface area contributed by atoms with Crippen LogP contribution in [0.15, 0.2) is 54.6 Å². The Balaban J connectivity index is 0.00000256. The molecule has 0 radical (unpaired) electrons. The Morgan fingerprint density at radius 2 is 1.44 bits per heavy atom. The lowest BCUT2D eigenvalue weighted by Crippen LogP contribution is -3.00. The summed E-state index contributed by atoms with van der Waals surface area (Å²) in [7, 11) is 0. The average molecular weight is 487 g/mol. The van der Waals surface area contributed by atoms with Crippen molar-refractivity contribution < 1.29 is 36.0 Å². The lowest BCUT2D eigenvalue weighted by molar-refractivity contribution is -0.368. The summed E-state index contributed by atoms with van der Waals surface area (Å²) >= 11 is 6.31. The first-order valence-electron chi connectivity index (χ1n) is 9.80. The van der Waals surface area contributed by atoms with E-state index >= 15 is 0 Å². The van der Waals surface area contributed by atoms with Gasteiger partial charge in [-0.15, -0.1) is 11.6 Å². The Labute approximate surface area is 197 Å². The number of halogens is 5. The van der Waals surface area contributed by atoms with Crippen LogP contribution in [-0.2, 0) is 0 Å². The molecule has 0 aliphatic rings. The lowest BCUT2D eigenvalue weighted by atomic mass is 9.97. The van der Waals surface area contributed by atoms with Crippen molar-refractivity contribution in [2.24, 2.45) is 0 Å². The molecule has 174 valence electrons. The number of ether oxygens (including phenoxy) is 1. The molecule has 3 aromatic carbocycles. The van der Waals surface area contributed by atoms with Crippen LogP contribution in [0.5, 0.6) is 5.75 Å². The molecule has 32 heavy (non-hydrogen) atoms. The van der Waals surface area contributed by atoms with Gasteiger partial charge in [0.15, 0.2) is 11.6 Å². The number of alkyl halides is 1. The van der Waals surface area contributed by atoms with Crippen molar-refractivity contribution in [3.63, 3.8) is 0 Å². The third-order valence-electron chi connectivity index (χ3n) is 4.86. The van der Waals surface area contributed by atoms with Crippen LogP contribution in [0.3, 0.4) is 0 Å². The molecule has 0 bridgehead atoms. The molecule has 8 heteroatoms. The molecule has 3 nitrogen and oxygen atoms in total. The first-order valence-corrected chi connectivity index (χ1v) is 10.2. The van der Waals surface area contributed by atoms with Crippen LogP contribution < -0.4 is 29.0 Å². The zero-order valence-electron chi connectivity index (χ0n) is 17.8. The molecule has 0 aliphatic heterocycles. The van der Waals surface area contributed by atoms with Crippen molar-refractivity contribution in [1.82, 2.24) is 6.15 Å².